The normalized spacial score (nSPS) is 8.50. The van der Waals surface area contributed by atoms with E-state index in [1.807, 2.05) is 41.5 Å². The van der Waals surface area contributed by atoms with Crippen LogP contribution in [0.2, 0.25) is 0 Å². The van der Waals surface area contributed by atoms with Crippen LogP contribution in [-0.4, -0.2) is 29.4 Å². The topological polar surface area (TPSA) is 156 Å². The lowest BCUT2D eigenvalue weighted by atomic mass is 11.0. The first-order valence-electron chi connectivity index (χ1n) is 4.57. The third-order valence-electron chi connectivity index (χ3n) is 0. The van der Waals surface area contributed by atoms with Crippen molar-refractivity contribution < 1.29 is 38.5 Å². The molecule has 0 aromatic carbocycles. The molecule has 6 N–H and O–H groups in total. The number of rotatable bonds is 0. The predicted molar refractivity (Wildman–Crippen MR) is 62.6 cm³/mol. The molecule has 16 heavy (non-hydrogen) atoms. The van der Waals surface area contributed by atoms with Crippen molar-refractivity contribution in [1.29, 1.82) is 0 Å². The summed E-state index contributed by atoms with van der Waals surface area (Å²) < 4.78 is 17.8. The fourth-order valence-electron chi connectivity index (χ4n) is 0. The van der Waals surface area contributed by atoms with Crippen molar-refractivity contribution in [2.24, 2.45) is 0 Å². The van der Waals surface area contributed by atoms with E-state index in [1.54, 1.807) is 0 Å². The zero-order valence-electron chi connectivity index (χ0n) is 10.4. The first-order valence-corrected chi connectivity index (χ1v) is 7.70. The van der Waals surface area contributed by atoms with Crippen molar-refractivity contribution in [3.05, 3.63) is 0 Å². The van der Waals surface area contributed by atoms with Crippen LogP contribution in [0.15, 0.2) is 0 Å². The van der Waals surface area contributed by atoms with Gasteiger partial charge in [-0.1, -0.05) is 41.5 Å². The maximum absolute atomic E-state index is 8.88. The Kier molecular flexibility index (Phi) is 38.4. The van der Waals surface area contributed by atoms with E-state index in [0.717, 1.165) is 0 Å². The van der Waals surface area contributed by atoms with Gasteiger partial charge in [-0.2, -0.15) is 0 Å². The van der Waals surface area contributed by atoms with Crippen LogP contribution in [0.5, 0.6) is 0 Å². The third-order valence-corrected chi connectivity index (χ3v) is 0. The van der Waals surface area contributed by atoms with Crippen LogP contribution in [0.3, 0.4) is 0 Å². The van der Waals surface area contributed by atoms with Gasteiger partial charge in [0.1, 0.15) is 0 Å². The van der Waals surface area contributed by atoms with Crippen LogP contribution in [0.4, 0.5) is 0 Å². The largest absolute Gasteiger partial charge is 0.466 e. The van der Waals surface area contributed by atoms with Gasteiger partial charge in [-0.05, 0) is 0 Å². The molecule has 0 unspecified atom stereocenters. The minimum atomic E-state index is -4.64. The van der Waals surface area contributed by atoms with E-state index < -0.39 is 15.6 Å². The zero-order valence-corrected chi connectivity index (χ0v) is 12.2. The molecule has 106 valence electrons. The first-order chi connectivity index (χ1) is 7.00. The molecule has 8 nitrogen and oxygen atoms in total. The van der Waals surface area contributed by atoms with Crippen LogP contribution in [0.1, 0.15) is 41.5 Å². The lowest BCUT2D eigenvalue weighted by Crippen LogP contribution is -1.66. The highest BCUT2D eigenvalue weighted by molar-refractivity contribution is 7.45. The molecule has 0 aliphatic heterocycles. The summed E-state index contributed by atoms with van der Waals surface area (Å²) in [7, 11) is -9.28. The van der Waals surface area contributed by atoms with Crippen molar-refractivity contribution in [3.63, 3.8) is 0 Å². The van der Waals surface area contributed by atoms with Gasteiger partial charge >= 0.3 is 15.6 Å². The van der Waals surface area contributed by atoms with E-state index in [4.69, 9.17) is 38.5 Å². The molecule has 0 heterocycles. The molecule has 0 radical (unpaired) electrons. The summed E-state index contributed by atoms with van der Waals surface area (Å²) >= 11 is 0. The Balaban J connectivity index is -0.0000000345. The molecule has 0 aromatic rings. The Bertz CT molecular complexity index is 135. The molecule has 0 spiro atoms. The molecule has 0 aliphatic carbocycles. The second kappa shape index (κ2) is 20.6. The molecule has 0 saturated heterocycles. The summed E-state index contributed by atoms with van der Waals surface area (Å²) in [5, 5.41) is 0. The van der Waals surface area contributed by atoms with E-state index in [9.17, 15) is 0 Å². The Morgan fingerprint density at radius 2 is 0.500 bits per heavy atom. The Labute approximate surface area is 96.5 Å². The van der Waals surface area contributed by atoms with Crippen LogP contribution < -0.4 is 0 Å². The van der Waals surface area contributed by atoms with Gasteiger partial charge in [0.2, 0.25) is 0 Å². The molecular formula is C6H24O8P2. The summed E-state index contributed by atoms with van der Waals surface area (Å²) in [5.41, 5.74) is 0. The van der Waals surface area contributed by atoms with E-state index in [2.05, 4.69) is 0 Å². The van der Waals surface area contributed by atoms with Gasteiger partial charge in [-0.15, -0.1) is 0 Å². The minimum Gasteiger partial charge on any atom is -0.303 e. The van der Waals surface area contributed by atoms with Gasteiger partial charge in [-0.25, -0.2) is 9.13 Å². The smallest absolute Gasteiger partial charge is 0.303 e. The van der Waals surface area contributed by atoms with Crippen molar-refractivity contribution in [2.75, 3.05) is 0 Å². The SMILES string of the molecule is CC.CC.CC.O=P(O)(O)O.O=P(O)(O)O. The molecule has 0 rings (SSSR count). The lowest BCUT2D eigenvalue weighted by Gasteiger charge is -1.82. The number of phosphoric acid groups is 2. The van der Waals surface area contributed by atoms with Crippen molar-refractivity contribution in [2.45, 2.75) is 41.5 Å². The standard InChI is InChI=1S/3C2H6.2H3O4P/c3*1-2;2*1-5(2,3)4/h3*1-2H3;2*(H3,1,2,3,4). The highest BCUT2D eigenvalue weighted by Gasteiger charge is 2.00. The van der Waals surface area contributed by atoms with E-state index >= 15 is 0 Å². The van der Waals surface area contributed by atoms with Crippen molar-refractivity contribution in [3.8, 4) is 0 Å². The van der Waals surface area contributed by atoms with Gasteiger partial charge in [0, 0.05) is 0 Å². The average Bonchev–Trinajstić information content (AvgIpc) is 2.08. The molecule has 0 fully saturated rings. The second-order valence-corrected chi connectivity index (χ2v) is 3.08. The molecule has 0 atom stereocenters. The number of hydrogen-bond acceptors (Lipinski definition) is 2. The fraction of sp³-hybridized carbons (Fsp3) is 1.00. The van der Waals surface area contributed by atoms with Crippen molar-refractivity contribution in [1.82, 2.24) is 0 Å². The summed E-state index contributed by atoms with van der Waals surface area (Å²) in [4.78, 5) is 43.1. The second-order valence-electron chi connectivity index (χ2n) is 1.03. The van der Waals surface area contributed by atoms with Crippen molar-refractivity contribution >= 4 is 15.6 Å². The summed E-state index contributed by atoms with van der Waals surface area (Å²) in [5.74, 6) is 0. The molecule has 0 saturated carbocycles. The first kappa shape index (κ1) is 29.8. The van der Waals surface area contributed by atoms with Gasteiger partial charge < -0.3 is 29.4 Å². The molecule has 0 aliphatic rings. The maximum Gasteiger partial charge on any atom is 0.466 e. The third kappa shape index (κ3) is 51300. The molecule has 10 heteroatoms. The molecule has 0 bridgehead atoms. The summed E-state index contributed by atoms with van der Waals surface area (Å²) in [6.45, 7) is 12.0. The monoisotopic (exact) mass is 286 g/mol. The summed E-state index contributed by atoms with van der Waals surface area (Å²) in [6, 6.07) is 0. The quantitative estimate of drug-likeness (QED) is 0.363. The Morgan fingerprint density at radius 1 is 0.500 bits per heavy atom. The molecule has 0 aromatic heterocycles. The predicted octanol–water partition coefficient (Wildman–Crippen LogP) is 1.22. The van der Waals surface area contributed by atoms with Gasteiger partial charge in [-0.3, -0.25) is 0 Å². The minimum absolute atomic E-state index is 2.00. The maximum atomic E-state index is 8.88. The van der Waals surface area contributed by atoms with Crippen LogP contribution >= 0.6 is 15.6 Å². The van der Waals surface area contributed by atoms with E-state index in [0.29, 0.717) is 0 Å². The average molecular weight is 286 g/mol. The van der Waals surface area contributed by atoms with Crippen LogP contribution in [0.25, 0.3) is 0 Å². The van der Waals surface area contributed by atoms with Gasteiger partial charge in [0.15, 0.2) is 0 Å². The van der Waals surface area contributed by atoms with Crippen LogP contribution in [0, 0.1) is 0 Å². The lowest BCUT2D eigenvalue weighted by molar-refractivity contribution is 0.272. The van der Waals surface area contributed by atoms with Gasteiger partial charge in [0.05, 0.1) is 0 Å². The molecular weight excluding hydrogens is 262 g/mol. The Morgan fingerprint density at radius 3 is 0.500 bits per heavy atom. The highest BCUT2D eigenvalue weighted by Crippen LogP contribution is 2.26. The number of hydrogen-bond donors (Lipinski definition) is 6. The highest BCUT2D eigenvalue weighted by atomic mass is 31.2. The van der Waals surface area contributed by atoms with Gasteiger partial charge in [0.25, 0.3) is 0 Å². The Hall–Kier alpha value is 0.220. The summed E-state index contributed by atoms with van der Waals surface area (Å²) in [6.07, 6.45) is 0. The van der Waals surface area contributed by atoms with E-state index in [-0.39, 0.29) is 0 Å². The van der Waals surface area contributed by atoms with E-state index in [1.165, 1.54) is 0 Å². The fourth-order valence-corrected chi connectivity index (χ4v) is 0. The zero-order chi connectivity index (χ0) is 15.0. The van der Waals surface area contributed by atoms with Crippen LogP contribution in [-0.2, 0) is 9.13 Å². The molecule has 0 amide bonds.